The molecule has 3 amide bonds. The summed E-state index contributed by atoms with van der Waals surface area (Å²) in [4.78, 5) is 58.9. The number of thiazole rings is 1. The van der Waals surface area contributed by atoms with Gasteiger partial charge in [-0.25, -0.2) is 9.78 Å². The van der Waals surface area contributed by atoms with Crippen LogP contribution < -0.4 is 10.6 Å². The van der Waals surface area contributed by atoms with E-state index in [1.807, 2.05) is 0 Å². The largest absolute Gasteiger partial charge is 0.477 e. The lowest BCUT2D eigenvalue weighted by Gasteiger charge is -2.49. The Kier molecular flexibility index (Phi) is 7.99. The van der Waals surface area contributed by atoms with Crippen molar-refractivity contribution >= 4 is 81.2 Å². The Bertz CT molecular complexity index is 1200. The number of carboxylic acids is 1. The smallest absolute Gasteiger partial charge is 0.352 e. The molecule has 1 fully saturated rings. The second-order valence-corrected chi connectivity index (χ2v) is 10.8. The molecular weight excluding hydrogens is 539 g/mol. The van der Waals surface area contributed by atoms with Crippen molar-refractivity contribution in [2.75, 3.05) is 23.4 Å². The number of nitrogens with zero attached hydrogens (tertiary/aromatic N) is 5. The average Bonchev–Trinajstić information content (AvgIpc) is 3.53. The van der Waals surface area contributed by atoms with Crippen molar-refractivity contribution in [3.8, 4) is 0 Å². The predicted octanol–water partition coefficient (Wildman–Crippen LogP) is 0.834. The molecule has 0 bridgehead atoms. The maximum Gasteiger partial charge on any atom is 0.352 e. The Hall–Kier alpha value is -3.02. The number of aromatic nitrogens is 3. The van der Waals surface area contributed by atoms with Crippen LogP contribution in [0, 0.1) is 0 Å². The number of carbonyl (C=O) groups excluding carboxylic acids is 3. The number of aliphatic carboxylic acids is 1. The number of rotatable bonds is 11. The fraction of sp³-hybridized carbons (Fsp3) is 0.333. The van der Waals surface area contributed by atoms with Gasteiger partial charge in [-0.05, 0) is 12.5 Å². The molecule has 0 spiro atoms. The monoisotopic (exact) mass is 555 g/mol. The molecule has 2 aromatic rings. The second-order valence-electron chi connectivity index (χ2n) is 6.77. The average molecular weight is 556 g/mol. The first kappa shape index (κ1) is 25.1. The van der Waals surface area contributed by atoms with Crippen LogP contribution in [0.5, 0.6) is 0 Å². The molecule has 4 rings (SSSR count). The van der Waals surface area contributed by atoms with Crippen molar-refractivity contribution in [2.45, 2.75) is 22.7 Å². The summed E-state index contributed by atoms with van der Waals surface area (Å²) in [5.41, 5.74) is 2.09. The molecule has 0 radical (unpaired) electrons. The van der Waals surface area contributed by atoms with Gasteiger partial charge in [0, 0.05) is 16.9 Å². The third-order valence-electron chi connectivity index (χ3n) is 4.68. The Morgan fingerprint density at radius 1 is 1.43 bits per heavy atom. The number of amides is 3. The summed E-state index contributed by atoms with van der Waals surface area (Å²) in [5, 5.41) is 27.5. The van der Waals surface area contributed by atoms with E-state index >= 15 is 0 Å². The normalized spacial score (nSPS) is 19.6. The summed E-state index contributed by atoms with van der Waals surface area (Å²) < 4.78 is 0.698. The van der Waals surface area contributed by atoms with E-state index in [4.69, 9.17) is 4.84 Å². The van der Waals surface area contributed by atoms with Gasteiger partial charge in [0.2, 0.25) is 6.41 Å². The summed E-state index contributed by atoms with van der Waals surface area (Å²) in [6.45, 7) is 1.88. The maximum absolute atomic E-state index is 13.0. The molecule has 0 saturated carbocycles. The quantitative estimate of drug-likeness (QED) is 0.118. The summed E-state index contributed by atoms with van der Waals surface area (Å²) in [5.74, 6) is -1.73. The van der Waals surface area contributed by atoms with E-state index < -0.39 is 29.2 Å². The van der Waals surface area contributed by atoms with Gasteiger partial charge >= 0.3 is 5.97 Å². The number of hydrogen-bond acceptors (Lipinski definition) is 13. The topological polar surface area (TPSA) is 176 Å². The standard InChI is InChI=1S/C18H17N7O6S4/c1-2-31-24-10(9-5-33-17(21-9)19-6-26)13(27)22-11-14(28)25-12(16(29)30)8(3-32-15(11)25)4-34-18-23-20-7-35-18/h5-7,11,15H,2-4H2,1H3,(H,22,27)(H,29,30)(H,19,21,26)/t11?,15-/m0/s1. The van der Waals surface area contributed by atoms with E-state index in [9.17, 15) is 24.3 Å². The molecule has 2 aromatic heterocycles. The Balaban J connectivity index is 1.49. The first-order chi connectivity index (χ1) is 16.9. The lowest BCUT2D eigenvalue weighted by Crippen LogP contribution is -2.71. The van der Waals surface area contributed by atoms with Gasteiger partial charge in [0.15, 0.2) is 15.2 Å². The lowest BCUT2D eigenvalue weighted by molar-refractivity contribution is -0.150. The number of thioether (sulfide) groups is 2. The molecular formula is C18H17N7O6S4. The van der Waals surface area contributed by atoms with E-state index in [2.05, 4.69) is 31.0 Å². The van der Waals surface area contributed by atoms with Gasteiger partial charge in [0.05, 0.1) is 0 Å². The molecule has 1 unspecified atom stereocenters. The van der Waals surface area contributed by atoms with Crippen LogP contribution in [0.4, 0.5) is 5.13 Å². The molecule has 3 N–H and O–H groups in total. The van der Waals surface area contributed by atoms with Gasteiger partial charge < -0.3 is 20.6 Å². The summed E-state index contributed by atoms with van der Waals surface area (Å²) in [6, 6.07) is -0.947. The highest BCUT2D eigenvalue weighted by molar-refractivity contribution is 8.01. The first-order valence-corrected chi connectivity index (χ1v) is 13.7. The highest BCUT2D eigenvalue weighted by atomic mass is 32.2. The van der Waals surface area contributed by atoms with Gasteiger partial charge in [0.1, 0.15) is 34.9 Å². The van der Waals surface area contributed by atoms with Crippen molar-refractivity contribution in [3.05, 3.63) is 27.9 Å². The van der Waals surface area contributed by atoms with E-state index in [0.717, 1.165) is 11.3 Å². The zero-order chi connectivity index (χ0) is 24.9. The van der Waals surface area contributed by atoms with Crippen LogP contribution in [0.25, 0.3) is 0 Å². The molecule has 35 heavy (non-hydrogen) atoms. The van der Waals surface area contributed by atoms with Gasteiger partial charge in [0.25, 0.3) is 11.8 Å². The Labute approximate surface area is 214 Å². The summed E-state index contributed by atoms with van der Waals surface area (Å²) in [6.07, 6.45) is 0.456. The van der Waals surface area contributed by atoms with E-state index in [1.54, 1.807) is 12.4 Å². The fourth-order valence-corrected chi connectivity index (χ4v) is 6.84. The third-order valence-corrected chi connectivity index (χ3v) is 8.74. The van der Waals surface area contributed by atoms with Crippen molar-refractivity contribution in [2.24, 2.45) is 5.16 Å². The number of anilines is 1. The molecule has 4 heterocycles. The minimum Gasteiger partial charge on any atom is -0.477 e. The Morgan fingerprint density at radius 2 is 2.26 bits per heavy atom. The number of carbonyl (C=O) groups is 4. The molecule has 13 nitrogen and oxygen atoms in total. The first-order valence-electron chi connectivity index (χ1n) is 9.90. The SMILES string of the molecule is CCON=C(C(=O)NC1C(=O)N2C(C(=O)O)=C(CSc3nncs3)CS[C@@H]12)c1csc(NC=O)n1. The van der Waals surface area contributed by atoms with Crippen LogP contribution >= 0.6 is 46.2 Å². The lowest BCUT2D eigenvalue weighted by atomic mass is 10.0. The van der Waals surface area contributed by atoms with E-state index in [-0.39, 0.29) is 28.8 Å². The van der Waals surface area contributed by atoms with Crippen LogP contribution in [0.15, 0.2) is 31.7 Å². The molecule has 17 heteroatoms. The number of fused-ring (bicyclic) bond motifs is 1. The van der Waals surface area contributed by atoms with Crippen LogP contribution in [0.3, 0.4) is 0 Å². The van der Waals surface area contributed by atoms with Crippen LogP contribution in [0.1, 0.15) is 12.6 Å². The summed E-state index contributed by atoms with van der Waals surface area (Å²) in [7, 11) is 0. The number of oxime groups is 1. The van der Waals surface area contributed by atoms with Crippen molar-refractivity contribution in [1.82, 2.24) is 25.4 Å². The highest BCUT2D eigenvalue weighted by Crippen LogP contribution is 2.41. The van der Waals surface area contributed by atoms with E-state index in [0.29, 0.717) is 27.8 Å². The number of hydrogen-bond donors (Lipinski definition) is 3. The minimum absolute atomic E-state index is 0.0754. The highest BCUT2D eigenvalue weighted by Gasteiger charge is 2.54. The van der Waals surface area contributed by atoms with Gasteiger partial charge in [-0.3, -0.25) is 19.3 Å². The third kappa shape index (κ3) is 5.31. The zero-order valence-electron chi connectivity index (χ0n) is 17.9. The molecule has 2 atom stereocenters. The fourth-order valence-electron chi connectivity index (χ4n) is 3.21. The van der Waals surface area contributed by atoms with Crippen LogP contribution in [-0.2, 0) is 24.0 Å². The van der Waals surface area contributed by atoms with Gasteiger partial charge in [-0.2, -0.15) is 0 Å². The van der Waals surface area contributed by atoms with Crippen molar-refractivity contribution < 1.29 is 29.1 Å². The molecule has 1 saturated heterocycles. The van der Waals surface area contributed by atoms with Crippen molar-refractivity contribution in [1.29, 1.82) is 0 Å². The number of carboxylic acid groups (broad SMARTS) is 1. The predicted molar refractivity (Wildman–Crippen MR) is 130 cm³/mol. The number of nitrogens with one attached hydrogen (secondary N) is 2. The molecule has 184 valence electrons. The molecule has 2 aliphatic rings. The van der Waals surface area contributed by atoms with E-state index in [1.165, 1.54) is 45.1 Å². The minimum atomic E-state index is -1.21. The van der Waals surface area contributed by atoms with Crippen LogP contribution in [0.2, 0.25) is 0 Å². The van der Waals surface area contributed by atoms with Crippen molar-refractivity contribution in [3.63, 3.8) is 0 Å². The van der Waals surface area contributed by atoms with Gasteiger partial charge in [-0.1, -0.05) is 28.3 Å². The molecule has 0 aromatic carbocycles. The Morgan fingerprint density at radius 3 is 2.94 bits per heavy atom. The molecule has 0 aliphatic carbocycles. The second kappa shape index (κ2) is 11.1. The van der Waals surface area contributed by atoms with Gasteiger partial charge in [-0.15, -0.1) is 33.3 Å². The number of β-lactam (4-membered cyclic amide) rings is 1. The summed E-state index contributed by atoms with van der Waals surface area (Å²) >= 11 is 5.14. The zero-order valence-corrected chi connectivity index (χ0v) is 21.1. The van der Waals surface area contributed by atoms with Crippen LogP contribution in [-0.4, -0.2) is 84.6 Å². The maximum atomic E-state index is 13.0. The molecule has 2 aliphatic heterocycles.